The first kappa shape index (κ1) is 9.07. The number of nitrogens with zero attached hydrogens (tertiary/aromatic N) is 5. The van der Waals surface area contributed by atoms with Crippen LogP contribution in [0.4, 0.5) is 5.13 Å². The molecule has 0 spiro atoms. The number of hydrogen-bond donors (Lipinski definition) is 1. The van der Waals surface area contributed by atoms with Gasteiger partial charge in [0.25, 0.3) is 0 Å². The third-order valence-electron chi connectivity index (χ3n) is 1.61. The van der Waals surface area contributed by atoms with Crippen LogP contribution in [0.2, 0.25) is 0 Å². The Labute approximate surface area is 85.2 Å². The zero-order chi connectivity index (χ0) is 9.80. The molecule has 0 unspecified atom stereocenters. The summed E-state index contributed by atoms with van der Waals surface area (Å²) >= 11 is 1.37. The molecular weight excluding hydrogens is 200 g/mol. The number of hydrogen-bond acceptors (Lipinski definition) is 6. The van der Waals surface area contributed by atoms with Crippen molar-refractivity contribution in [2.24, 2.45) is 0 Å². The van der Waals surface area contributed by atoms with Crippen molar-refractivity contribution in [2.45, 2.75) is 13.5 Å². The van der Waals surface area contributed by atoms with Gasteiger partial charge in [-0.3, -0.25) is 4.68 Å². The van der Waals surface area contributed by atoms with Crippen molar-refractivity contribution in [2.75, 3.05) is 11.9 Å². The largest absolute Gasteiger partial charge is 0.358 e. The first-order valence-corrected chi connectivity index (χ1v) is 4.98. The maximum atomic E-state index is 4.18. The van der Waals surface area contributed by atoms with E-state index in [4.69, 9.17) is 0 Å². The third kappa shape index (κ3) is 2.25. The normalized spacial score (nSPS) is 10.4. The molecule has 2 aromatic rings. The monoisotopic (exact) mass is 210 g/mol. The lowest BCUT2D eigenvalue weighted by atomic mass is 10.6. The molecule has 74 valence electrons. The molecule has 0 radical (unpaired) electrons. The number of aromatic nitrogens is 5. The fourth-order valence-corrected chi connectivity index (χ4v) is 1.59. The van der Waals surface area contributed by atoms with Crippen LogP contribution in [0, 0.1) is 6.92 Å². The van der Waals surface area contributed by atoms with Gasteiger partial charge >= 0.3 is 0 Å². The van der Waals surface area contributed by atoms with Crippen molar-refractivity contribution >= 4 is 16.7 Å². The van der Waals surface area contributed by atoms with Crippen LogP contribution in [0.3, 0.4) is 0 Å². The van der Waals surface area contributed by atoms with Crippen molar-refractivity contribution in [3.63, 3.8) is 0 Å². The molecule has 0 bridgehead atoms. The smallest absolute Gasteiger partial charge is 0.202 e. The van der Waals surface area contributed by atoms with E-state index in [2.05, 4.69) is 24.8 Å². The Morgan fingerprint density at radius 2 is 2.50 bits per heavy atom. The summed E-state index contributed by atoms with van der Waals surface area (Å²) in [6.45, 7) is 3.43. The Balaban J connectivity index is 1.78. The minimum absolute atomic E-state index is 0.776. The van der Waals surface area contributed by atoms with Crippen LogP contribution in [0.5, 0.6) is 0 Å². The number of anilines is 1. The van der Waals surface area contributed by atoms with Crippen LogP contribution in [0.25, 0.3) is 0 Å². The summed E-state index contributed by atoms with van der Waals surface area (Å²) in [6.07, 6.45) is 3.21. The van der Waals surface area contributed by atoms with Gasteiger partial charge in [-0.1, -0.05) is 0 Å². The summed E-state index contributed by atoms with van der Waals surface area (Å²) in [5.74, 6) is 0.804. The molecule has 0 aliphatic heterocycles. The molecule has 2 heterocycles. The summed E-state index contributed by atoms with van der Waals surface area (Å²) in [7, 11) is 0. The molecule has 0 saturated heterocycles. The molecule has 1 N–H and O–H groups in total. The minimum atomic E-state index is 0.776. The first-order chi connectivity index (χ1) is 6.84. The minimum Gasteiger partial charge on any atom is -0.358 e. The summed E-state index contributed by atoms with van der Waals surface area (Å²) in [6, 6.07) is 0. The van der Waals surface area contributed by atoms with E-state index in [1.807, 2.05) is 6.92 Å². The highest BCUT2D eigenvalue weighted by Crippen LogP contribution is 2.08. The van der Waals surface area contributed by atoms with Crippen LogP contribution >= 0.6 is 11.5 Å². The highest BCUT2D eigenvalue weighted by atomic mass is 32.1. The molecule has 0 saturated carbocycles. The summed E-state index contributed by atoms with van der Waals surface area (Å²) in [5.41, 5.74) is 0. The van der Waals surface area contributed by atoms with Crippen molar-refractivity contribution in [3.05, 3.63) is 18.5 Å². The maximum Gasteiger partial charge on any atom is 0.202 e. The zero-order valence-electron chi connectivity index (χ0n) is 7.71. The zero-order valence-corrected chi connectivity index (χ0v) is 8.53. The van der Waals surface area contributed by atoms with Gasteiger partial charge in [0.1, 0.15) is 18.5 Å². The van der Waals surface area contributed by atoms with E-state index in [1.165, 1.54) is 17.9 Å². The Morgan fingerprint density at radius 1 is 1.57 bits per heavy atom. The fraction of sp³-hybridized carbons (Fsp3) is 0.429. The van der Waals surface area contributed by atoms with Gasteiger partial charge in [-0.2, -0.15) is 9.47 Å². The third-order valence-corrected chi connectivity index (χ3v) is 2.38. The number of aryl methyl sites for hydroxylation is 1. The Bertz CT molecular complexity index is 381. The van der Waals surface area contributed by atoms with Crippen molar-refractivity contribution in [1.82, 2.24) is 24.1 Å². The highest BCUT2D eigenvalue weighted by molar-refractivity contribution is 7.09. The average Bonchev–Trinajstić information content (AvgIpc) is 2.77. The molecular formula is C7H10N6S. The van der Waals surface area contributed by atoms with Gasteiger partial charge in [-0.25, -0.2) is 9.97 Å². The van der Waals surface area contributed by atoms with Gasteiger partial charge in [0.2, 0.25) is 5.13 Å². The Morgan fingerprint density at radius 3 is 3.14 bits per heavy atom. The molecule has 2 rings (SSSR count). The van der Waals surface area contributed by atoms with E-state index >= 15 is 0 Å². The van der Waals surface area contributed by atoms with Crippen molar-refractivity contribution in [1.29, 1.82) is 0 Å². The number of rotatable bonds is 4. The quantitative estimate of drug-likeness (QED) is 0.798. The second-order valence-electron chi connectivity index (χ2n) is 2.73. The molecule has 0 amide bonds. The maximum absolute atomic E-state index is 4.18. The van der Waals surface area contributed by atoms with Crippen LogP contribution in [0.1, 0.15) is 5.82 Å². The Hall–Kier alpha value is -1.50. The lowest BCUT2D eigenvalue weighted by Gasteiger charge is -2.00. The van der Waals surface area contributed by atoms with Crippen LogP contribution in [-0.2, 0) is 6.54 Å². The van der Waals surface area contributed by atoms with E-state index < -0.39 is 0 Å². The molecule has 0 aromatic carbocycles. The molecule has 7 heteroatoms. The van der Waals surface area contributed by atoms with Gasteiger partial charge in [-0.15, -0.1) is 0 Å². The molecule has 14 heavy (non-hydrogen) atoms. The topological polar surface area (TPSA) is 68.5 Å². The molecule has 0 fully saturated rings. The van der Waals surface area contributed by atoms with Gasteiger partial charge in [0.05, 0.1) is 6.54 Å². The van der Waals surface area contributed by atoms with E-state index in [1.54, 1.807) is 11.0 Å². The van der Waals surface area contributed by atoms with Crippen molar-refractivity contribution < 1.29 is 0 Å². The van der Waals surface area contributed by atoms with Crippen LogP contribution < -0.4 is 5.32 Å². The van der Waals surface area contributed by atoms with Gasteiger partial charge in [-0.05, 0) is 6.92 Å². The van der Waals surface area contributed by atoms with Crippen molar-refractivity contribution in [3.8, 4) is 0 Å². The lowest BCUT2D eigenvalue weighted by Crippen LogP contribution is -2.10. The Kier molecular flexibility index (Phi) is 2.68. The van der Waals surface area contributed by atoms with E-state index in [0.29, 0.717) is 0 Å². The van der Waals surface area contributed by atoms with Gasteiger partial charge in [0, 0.05) is 18.1 Å². The van der Waals surface area contributed by atoms with E-state index in [0.717, 1.165) is 24.0 Å². The van der Waals surface area contributed by atoms with Gasteiger partial charge in [0.15, 0.2) is 0 Å². The SMILES string of the molecule is Cc1nsc(NCCn2cncn2)n1. The molecule has 0 aliphatic carbocycles. The van der Waals surface area contributed by atoms with E-state index in [9.17, 15) is 0 Å². The second kappa shape index (κ2) is 4.14. The highest BCUT2D eigenvalue weighted by Gasteiger charge is 1.98. The summed E-state index contributed by atoms with van der Waals surface area (Å²) < 4.78 is 5.83. The summed E-state index contributed by atoms with van der Waals surface area (Å²) in [4.78, 5) is 8.03. The lowest BCUT2D eigenvalue weighted by molar-refractivity contribution is 0.636. The fourth-order valence-electron chi connectivity index (χ4n) is 0.994. The molecule has 6 nitrogen and oxygen atoms in total. The molecule has 0 aliphatic rings. The molecule has 2 aromatic heterocycles. The predicted octanol–water partition coefficient (Wildman–Crippen LogP) is 0.550. The first-order valence-electron chi connectivity index (χ1n) is 4.21. The summed E-state index contributed by atoms with van der Waals surface area (Å²) in [5, 5.41) is 8.00. The second-order valence-corrected chi connectivity index (χ2v) is 3.48. The average molecular weight is 210 g/mol. The van der Waals surface area contributed by atoms with Crippen LogP contribution in [0.15, 0.2) is 12.7 Å². The van der Waals surface area contributed by atoms with Crippen LogP contribution in [-0.4, -0.2) is 30.7 Å². The molecule has 0 atom stereocenters. The van der Waals surface area contributed by atoms with Gasteiger partial charge < -0.3 is 5.32 Å². The number of nitrogens with one attached hydrogen (secondary N) is 1. The predicted molar refractivity (Wildman–Crippen MR) is 53.2 cm³/mol. The van der Waals surface area contributed by atoms with E-state index in [-0.39, 0.29) is 0 Å². The standard InChI is InChI=1S/C7H10N6S/c1-6-11-7(14-12-6)9-2-3-13-5-8-4-10-13/h4-5H,2-3H2,1H3,(H,9,11,12).